The zero-order valence-electron chi connectivity index (χ0n) is 6.97. The van der Waals surface area contributed by atoms with Crippen LogP contribution in [-0.2, 0) is 0 Å². The first kappa shape index (κ1) is 9.07. The highest BCUT2D eigenvalue weighted by Crippen LogP contribution is 2.19. The fourth-order valence-electron chi connectivity index (χ4n) is 1.04. The van der Waals surface area contributed by atoms with Crippen LogP contribution in [0.1, 0.15) is 11.1 Å². The Morgan fingerprint density at radius 1 is 1.33 bits per heavy atom. The number of rotatable bonds is 2. The topological polar surface area (TPSA) is 29.5 Å². The lowest BCUT2D eigenvalue weighted by Gasteiger charge is -2.05. The van der Waals surface area contributed by atoms with E-state index in [1.165, 1.54) is 12.1 Å². The third-order valence-corrected chi connectivity index (χ3v) is 1.60. The molecule has 0 aliphatic rings. The maximum Gasteiger partial charge on any atom is 0.569 e. The van der Waals surface area contributed by atoms with Gasteiger partial charge in [0.1, 0.15) is 11.6 Å². The molecule has 0 aliphatic carbocycles. The third-order valence-electron chi connectivity index (χ3n) is 1.60. The smallest absolute Gasteiger partial charge is 0.537 e. The molecule has 1 aromatic carbocycles. The molecule has 0 spiro atoms. The quantitative estimate of drug-likeness (QED) is 0.673. The summed E-state index contributed by atoms with van der Waals surface area (Å²) in [4.78, 5) is 0. The maximum absolute atomic E-state index is 13.0. The van der Waals surface area contributed by atoms with Gasteiger partial charge in [-0.15, -0.1) is 0 Å². The van der Waals surface area contributed by atoms with E-state index in [0.29, 0.717) is 24.6 Å². The number of benzene rings is 1. The molecular formula is C8H9BFO2. The lowest BCUT2D eigenvalue weighted by atomic mass is 10.1. The average Bonchev–Trinajstić information content (AvgIpc) is 2.01. The van der Waals surface area contributed by atoms with Crippen molar-refractivity contribution in [3.05, 3.63) is 29.1 Å². The molecule has 1 N–H and O–H groups in total. The standard InChI is InChI=1S/C8H9BFO2/c1-5-3-7(12-9-11)4-6(2)8(5)10/h3-4,11H,1-2H3. The van der Waals surface area contributed by atoms with E-state index in [-0.39, 0.29) is 5.82 Å². The van der Waals surface area contributed by atoms with E-state index in [1.807, 2.05) is 0 Å². The maximum atomic E-state index is 13.0. The van der Waals surface area contributed by atoms with Crippen LogP contribution in [0.5, 0.6) is 5.75 Å². The summed E-state index contributed by atoms with van der Waals surface area (Å²) >= 11 is 0. The second-order valence-electron chi connectivity index (χ2n) is 2.59. The fourth-order valence-corrected chi connectivity index (χ4v) is 1.04. The number of hydrogen-bond donors (Lipinski definition) is 1. The van der Waals surface area contributed by atoms with Crippen molar-refractivity contribution >= 4 is 7.69 Å². The second-order valence-corrected chi connectivity index (χ2v) is 2.59. The van der Waals surface area contributed by atoms with Crippen LogP contribution in [0.2, 0.25) is 0 Å². The highest BCUT2D eigenvalue weighted by atomic mass is 19.1. The van der Waals surface area contributed by atoms with Gasteiger partial charge >= 0.3 is 7.69 Å². The van der Waals surface area contributed by atoms with E-state index >= 15 is 0 Å². The summed E-state index contributed by atoms with van der Waals surface area (Å²) in [6, 6.07) is 3.05. The predicted molar refractivity (Wildman–Crippen MR) is 44.5 cm³/mol. The molecule has 0 unspecified atom stereocenters. The van der Waals surface area contributed by atoms with Crippen LogP contribution in [0, 0.1) is 19.7 Å². The van der Waals surface area contributed by atoms with Gasteiger partial charge in [0, 0.05) is 0 Å². The molecule has 2 nitrogen and oxygen atoms in total. The van der Waals surface area contributed by atoms with Gasteiger partial charge in [0.05, 0.1) is 0 Å². The Hall–Kier alpha value is -1.03. The first-order valence-electron chi connectivity index (χ1n) is 3.54. The van der Waals surface area contributed by atoms with Crippen molar-refractivity contribution in [3.63, 3.8) is 0 Å². The molecule has 63 valence electrons. The molecule has 0 aliphatic heterocycles. The molecule has 0 amide bonds. The van der Waals surface area contributed by atoms with Crippen molar-refractivity contribution in [1.29, 1.82) is 0 Å². The molecule has 1 rings (SSSR count). The van der Waals surface area contributed by atoms with Gasteiger partial charge in [-0.2, -0.15) is 0 Å². The Bertz CT molecular complexity index is 265. The lowest BCUT2D eigenvalue weighted by molar-refractivity contribution is 0.452. The zero-order chi connectivity index (χ0) is 9.14. The Labute approximate surface area is 71.3 Å². The van der Waals surface area contributed by atoms with Crippen LogP contribution in [-0.4, -0.2) is 12.7 Å². The first-order chi connectivity index (χ1) is 5.65. The molecule has 0 bridgehead atoms. The average molecular weight is 167 g/mol. The van der Waals surface area contributed by atoms with Gasteiger partial charge in [-0.05, 0) is 37.1 Å². The van der Waals surface area contributed by atoms with Crippen LogP contribution < -0.4 is 4.65 Å². The minimum atomic E-state index is -0.236. The Morgan fingerprint density at radius 2 is 1.83 bits per heavy atom. The zero-order valence-corrected chi connectivity index (χ0v) is 6.97. The summed E-state index contributed by atoms with van der Waals surface area (Å²) in [7, 11) is 0.576. The molecule has 0 saturated carbocycles. The fraction of sp³-hybridized carbons (Fsp3) is 0.250. The van der Waals surface area contributed by atoms with Crippen LogP contribution in [0.15, 0.2) is 12.1 Å². The minimum Gasteiger partial charge on any atom is -0.537 e. The van der Waals surface area contributed by atoms with E-state index in [0.717, 1.165) is 0 Å². The minimum absolute atomic E-state index is 0.236. The van der Waals surface area contributed by atoms with Gasteiger partial charge < -0.3 is 9.68 Å². The molecule has 1 radical (unpaired) electrons. The van der Waals surface area contributed by atoms with E-state index in [4.69, 9.17) is 5.02 Å². The number of halogens is 1. The monoisotopic (exact) mass is 167 g/mol. The molecule has 4 heteroatoms. The highest BCUT2D eigenvalue weighted by Gasteiger charge is 2.04. The van der Waals surface area contributed by atoms with Crippen LogP contribution >= 0.6 is 0 Å². The van der Waals surface area contributed by atoms with E-state index in [2.05, 4.69) is 4.65 Å². The molecule has 0 saturated heterocycles. The molecule has 1 aromatic rings. The SMILES string of the molecule is Cc1cc(O[B]O)cc(C)c1F. The normalized spacial score (nSPS) is 9.67. The van der Waals surface area contributed by atoms with Gasteiger partial charge in [-0.25, -0.2) is 4.39 Å². The van der Waals surface area contributed by atoms with Crippen molar-refractivity contribution in [2.24, 2.45) is 0 Å². The molecule has 0 aromatic heterocycles. The molecule has 12 heavy (non-hydrogen) atoms. The number of aryl methyl sites for hydroxylation is 2. The van der Waals surface area contributed by atoms with Crippen molar-refractivity contribution < 1.29 is 14.1 Å². The Morgan fingerprint density at radius 3 is 2.25 bits per heavy atom. The Kier molecular flexibility index (Phi) is 2.71. The van der Waals surface area contributed by atoms with Crippen molar-refractivity contribution in [2.45, 2.75) is 13.8 Å². The van der Waals surface area contributed by atoms with E-state index < -0.39 is 0 Å². The van der Waals surface area contributed by atoms with Gasteiger partial charge in [0.15, 0.2) is 0 Å². The lowest BCUT2D eigenvalue weighted by Crippen LogP contribution is -2.01. The number of hydrogen-bond acceptors (Lipinski definition) is 2. The first-order valence-corrected chi connectivity index (χ1v) is 3.54. The molecule has 0 atom stereocenters. The summed E-state index contributed by atoms with van der Waals surface area (Å²) in [6.07, 6.45) is 0. The second kappa shape index (κ2) is 3.58. The van der Waals surface area contributed by atoms with Crippen molar-refractivity contribution in [2.75, 3.05) is 0 Å². The summed E-state index contributed by atoms with van der Waals surface area (Å²) in [6.45, 7) is 3.29. The largest absolute Gasteiger partial charge is 0.569 e. The van der Waals surface area contributed by atoms with Crippen molar-refractivity contribution in [1.82, 2.24) is 0 Å². The summed E-state index contributed by atoms with van der Waals surface area (Å²) < 4.78 is 17.7. The summed E-state index contributed by atoms with van der Waals surface area (Å²) in [5.41, 5.74) is 1.01. The predicted octanol–water partition coefficient (Wildman–Crippen LogP) is 1.35. The Balaban J connectivity index is 3.04. The summed E-state index contributed by atoms with van der Waals surface area (Å²) in [5, 5.41) is 8.33. The highest BCUT2D eigenvalue weighted by molar-refractivity contribution is 6.17. The van der Waals surface area contributed by atoms with Crippen LogP contribution in [0.4, 0.5) is 4.39 Å². The molecule has 0 fully saturated rings. The van der Waals surface area contributed by atoms with Crippen LogP contribution in [0.25, 0.3) is 0 Å². The van der Waals surface area contributed by atoms with Gasteiger partial charge in [-0.1, -0.05) is 0 Å². The van der Waals surface area contributed by atoms with Crippen LogP contribution in [0.3, 0.4) is 0 Å². The summed E-state index contributed by atoms with van der Waals surface area (Å²) in [5.74, 6) is 0.203. The molecule has 0 heterocycles. The van der Waals surface area contributed by atoms with E-state index in [9.17, 15) is 4.39 Å². The van der Waals surface area contributed by atoms with Gasteiger partial charge in [0.25, 0.3) is 0 Å². The van der Waals surface area contributed by atoms with Crippen molar-refractivity contribution in [3.8, 4) is 5.75 Å². The molecular weight excluding hydrogens is 158 g/mol. The third kappa shape index (κ3) is 1.77. The van der Waals surface area contributed by atoms with Gasteiger partial charge in [0.2, 0.25) is 0 Å². The van der Waals surface area contributed by atoms with E-state index in [1.54, 1.807) is 13.8 Å². The van der Waals surface area contributed by atoms with Gasteiger partial charge in [-0.3, -0.25) is 0 Å².